The molecule has 0 bridgehead atoms. The van der Waals surface area contributed by atoms with Crippen LogP contribution in [0.1, 0.15) is 44.7 Å². The van der Waals surface area contributed by atoms with Crippen LogP contribution in [0.25, 0.3) is 0 Å². The maximum absolute atomic E-state index is 12.6. The zero-order chi connectivity index (χ0) is 25.4. The Balaban J connectivity index is 1.65. The molecule has 0 aliphatic carbocycles. The van der Waals surface area contributed by atoms with E-state index in [0.717, 1.165) is 24.6 Å². The lowest BCUT2D eigenvalue weighted by molar-refractivity contribution is -0.384. The van der Waals surface area contributed by atoms with Gasteiger partial charge in [0.05, 0.1) is 22.2 Å². The number of carbonyl (C=O) groups is 1. The predicted octanol–water partition coefficient (Wildman–Crippen LogP) is 4.42. The van der Waals surface area contributed by atoms with Crippen molar-refractivity contribution in [3.63, 3.8) is 0 Å². The Labute approximate surface area is 210 Å². The fourth-order valence-electron chi connectivity index (χ4n) is 5.67. The molecule has 1 saturated heterocycles. The van der Waals surface area contributed by atoms with Gasteiger partial charge in [-0.25, -0.2) is 4.79 Å². The van der Waals surface area contributed by atoms with Gasteiger partial charge in [0.2, 0.25) is 0 Å². The molecule has 3 atom stereocenters. The van der Waals surface area contributed by atoms with Crippen LogP contribution in [0, 0.1) is 10.1 Å². The summed E-state index contributed by atoms with van der Waals surface area (Å²) >= 11 is 0. The summed E-state index contributed by atoms with van der Waals surface area (Å²) in [5, 5.41) is 29.3. The molecule has 1 fully saturated rings. The van der Waals surface area contributed by atoms with Crippen LogP contribution in [-0.4, -0.2) is 51.1 Å². The van der Waals surface area contributed by atoms with Gasteiger partial charge in [0.25, 0.3) is 5.69 Å². The van der Waals surface area contributed by atoms with Gasteiger partial charge < -0.3 is 10.4 Å². The largest absolute Gasteiger partial charge is 0.478 e. The molecule has 0 spiro atoms. The van der Waals surface area contributed by atoms with Crippen LogP contribution in [0.5, 0.6) is 0 Å². The van der Waals surface area contributed by atoms with Gasteiger partial charge in [0, 0.05) is 23.9 Å². The number of rotatable bonds is 6. The van der Waals surface area contributed by atoms with E-state index >= 15 is 0 Å². The molecule has 0 radical (unpaired) electrons. The number of aliphatic carboxylic acids is 1. The van der Waals surface area contributed by atoms with E-state index in [0.29, 0.717) is 11.3 Å². The number of fused-ring (bicyclic) bond motifs is 1. The van der Waals surface area contributed by atoms with Gasteiger partial charge in [0.1, 0.15) is 11.9 Å². The Hall–Kier alpha value is -3.85. The van der Waals surface area contributed by atoms with Gasteiger partial charge in [-0.05, 0) is 63.6 Å². The molecule has 0 amide bonds. The molecule has 0 saturated carbocycles. The Morgan fingerprint density at radius 2 is 1.81 bits per heavy atom. The van der Waals surface area contributed by atoms with Crippen LogP contribution < -0.4 is 10.3 Å². The molecular weight excluding hydrogens is 458 g/mol. The number of carboxylic acids is 1. The number of non-ortho nitro benzene ring substituents is 1. The Bertz CT molecular complexity index is 1220. The maximum atomic E-state index is 12.6. The second-order valence-electron chi connectivity index (χ2n) is 9.63. The minimum Gasteiger partial charge on any atom is -0.478 e. The average molecular weight is 490 g/mol. The van der Waals surface area contributed by atoms with E-state index in [4.69, 9.17) is 0 Å². The lowest BCUT2D eigenvalue weighted by Crippen LogP contribution is -2.55. The number of hydrogen-bond acceptors (Lipinski definition) is 7. The number of para-hydroxylation sites is 1. The third kappa shape index (κ3) is 4.19. The molecule has 9 heteroatoms. The van der Waals surface area contributed by atoms with Crippen molar-refractivity contribution in [3.8, 4) is 0 Å². The fraction of sp³-hybridized carbons (Fsp3) is 0.370. The molecular formula is C27H31N5O4. The number of nitro groups is 1. The van der Waals surface area contributed by atoms with E-state index in [-0.39, 0.29) is 23.3 Å². The molecule has 36 heavy (non-hydrogen) atoms. The van der Waals surface area contributed by atoms with Gasteiger partial charge in [-0.2, -0.15) is 0 Å². The second kappa shape index (κ2) is 9.66. The quantitative estimate of drug-likeness (QED) is 0.454. The Morgan fingerprint density at radius 3 is 2.47 bits per heavy atom. The van der Waals surface area contributed by atoms with Gasteiger partial charge in [-0.15, -0.1) is 0 Å². The summed E-state index contributed by atoms with van der Waals surface area (Å²) in [6, 6.07) is 15.6. The highest BCUT2D eigenvalue weighted by Gasteiger charge is 2.47. The molecule has 5 rings (SSSR count). The average Bonchev–Trinajstić information content (AvgIpc) is 3.27. The van der Waals surface area contributed by atoms with Crippen molar-refractivity contribution < 1.29 is 14.8 Å². The Kier molecular flexibility index (Phi) is 6.40. The monoisotopic (exact) mass is 489 g/mol. The normalized spacial score (nSPS) is 23.1. The summed E-state index contributed by atoms with van der Waals surface area (Å²) in [6.45, 7) is 6.04. The lowest BCUT2D eigenvalue weighted by atomic mass is 9.94. The highest BCUT2D eigenvalue weighted by atomic mass is 16.6. The first kappa shape index (κ1) is 23.9. The lowest BCUT2D eigenvalue weighted by Gasteiger charge is -2.47. The number of anilines is 1. The molecule has 188 valence electrons. The molecule has 0 aromatic heterocycles. The number of piperidine rings is 1. The van der Waals surface area contributed by atoms with Crippen LogP contribution in [0.4, 0.5) is 11.4 Å². The van der Waals surface area contributed by atoms with Crippen molar-refractivity contribution in [2.45, 2.75) is 51.2 Å². The van der Waals surface area contributed by atoms with E-state index in [1.54, 1.807) is 19.1 Å². The van der Waals surface area contributed by atoms with Crippen molar-refractivity contribution in [1.29, 1.82) is 0 Å². The maximum Gasteiger partial charge on any atom is 0.335 e. The third-order valence-electron chi connectivity index (χ3n) is 7.44. The van der Waals surface area contributed by atoms with Crippen LogP contribution >= 0.6 is 0 Å². The van der Waals surface area contributed by atoms with E-state index in [9.17, 15) is 20.0 Å². The van der Waals surface area contributed by atoms with E-state index < -0.39 is 16.9 Å². The molecule has 9 nitrogen and oxygen atoms in total. The third-order valence-corrected chi connectivity index (χ3v) is 7.44. The minimum absolute atomic E-state index is 0.0601. The number of likely N-dealkylation sites (tertiary alicyclic amines) is 1. The fourth-order valence-corrected chi connectivity index (χ4v) is 5.67. The number of nitrogens with zero attached hydrogens (tertiary/aromatic N) is 4. The zero-order valence-corrected chi connectivity index (χ0v) is 20.5. The smallest absolute Gasteiger partial charge is 0.335 e. The van der Waals surface area contributed by atoms with Crippen molar-refractivity contribution in [3.05, 3.63) is 93.4 Å². The first-order valence-corrected chi connectivity index (χ1v) is 12.4. The van der Waals surface area contributed by atoms with Crippen LogP contribution in [0.15, 0.2) is 77.8 Å². The standard InChI is InChI=1S/C27H31N5O4/c1-18-25(27(33)34)26(20-10-9-13-22(16-20)32(35)36)31-24(28-18)17-23(19(2)29-14-7-4-8-15-29)30(31)21-11-5-3-6-12-21/h3,5-6,9-13,16-17,19,23,26,28H,4,7-8,14-15H2,1-2H3,(H,33,34). The zero-order valence-electron chi connectivity index (χ0n) is 20.5. The molecule has 3 aliphatic heterocycles. The summed E-state index contributed by atoms with van der Waals surface area (Å²) in [7, 11) is 0. The Morgan fingerprint density at radius 1 is 1.08 bits per heavy atom. The van der Waals surface area contributed by atoms with Crippen molar-refractivity contribution in [1.82, 2.24) is 15.2 Å². The van der Waals surface area contributed by atoms with Crippen molar-refractivity contribution in [2.75, 3.05) is 18.1 Å². The number of hydrogen-bond donors (Lipinski definition) is 2. The number of benzene rings is 2. The second-order valence-corrected chi connectivity index (χ2v) is 9.63. The molecule has 2 N–H and O–H groups in total. The van der Waals surface area contributed by atoms with Crippen LogP contribution in [0.3, 0.4) is 0 Å². The van der Waals surface area contributed by atoms with Gasteiger partial charge in [0.15, 0.2) is 0 Å². The van der Waals surface area contributed by atoms with Gasteiger partial charge in [-0.3, -0.25) is 25.0 Å². The van der Waals surface area contributed by atoms with Crippen molar-refractivity contribution >= 4 is 17.3 Å². The molecule has 2 aromatic carbocycles. The van der Waals surface area contributed by atoms with Crippen LogP contribution in [-0.2, 0) is 4.79 Å². The number of nitrogens with one attached hydrogen (secondary N) is 1. The van der Waals surface area contributed by atoms with Gasteiger partial charge in [-0.1, -0.05) is 36.8 Å². The summed E-state index contributed by atoms with van der Waals surface area (Å²) < 4.78 is 0. The van der Waals surface area contributed by atoms with Gasteiger partial charge >= 0.3 is 5.97 Å². The first-order valence-electron chi connectivity index (χ1n) is 12.4. The minimum atomic E-state index is -1.06. The summed E-state index contributed by atoms with van der Waals surface area (Å²) in [5.74, 6) is -0.275. The first-order chi connectivity index (χ1) is 17.4. The highest BCUT2D eigenvalue weighted by Crippen LogP contribution is 2.44. The van der Waals surface area contributed by atoms with E-state index in [1.807, 2.05) is 35.3 Å². The molecule has 2 aromatic rings. The van der Waals surface area contributed by atoms with Crippen molar-refractivity contribution in [2.24, 2.45) is 0 Å². The molecule has 3 aliphatic rings. The van der Waals surface area contributed by atoms with Crippen LogP contribution in [0.2, 0.25) is 0 Å². The summed E-state index contributed by atoms with van der Waals surface area (Å²) in [6.07, 6.45) is 5.74. The number of allylic oxidation sites excluding steroid dienone is 1. The SMILES string of the molecule is CC1=C(C(=O)O)C(c2cccc([N+](=O)[O-])c2)N2C(=CC(C(C)N3CCCCC3)N2c2ccccc2)N1. The highest BCUT2D eigenvalue weighted by molar-refractivity contribution is 5.90. The topological polar surface area (TPSA) is 102 Å². The number of nitro benzene ring substituents is 1. The van der Waals surface area contributed by atoms with E-state index in [2.05, 4.69) is 28.2 Å². The van der Waals surface area contributed by atoms with E-state index in [1.165, 1.54) is 31.4 Å². The molecule has 3 unspecified atom stereocenters. The number of carboxylic acid groups (broad SMARTS) is 1. The predicted molar refractivity (Wildman–Crippen MR) is 137 cm³/mol. The molecule has 3 heterocycles. The number of hydrazine groups is 1. The summed E-state index contributed by atoms with van der Waals surface area (Å²) in [5.41, 5.74) is 2.11. The summed E-state index contributed by atoms with van der Waals surface area (Å²) in [4.78, 5) is 26.2.